The molecule has 0 aromatic carbocycles. The predicted octanol–water partition coefficient (Wildman–Crippen LogP) is 1.88. The third-order valence-electron chi connectivity index (χ3n) is 5.00. The van der Waals surface area contributed by atoms with Crippen molar-refractivity contribution < 1.29 is 9.59 Å². The van der Waals surface area contributed by atoms with Gasteiger partial charge >= 0.3 is 0 Å². The Hall–Kier alpha value is -0.710. The van der Waals surface area contributed by atoms with Crippen molar-refractivity contribution in [2.24, 2.45) is 0 Å². The summed E-state index contributed by atoms with van der Waals surface area (Å²) in [6.07, 6.45) is 5.14. The van der Waals surface area contributed by atoms with Gasteiger partial charge in [0.1, 0.15) is 12.1 Å². The fraction of sp³-hybridized carbons (Fsp3) is 0.867. The van der Waals surface area contributed by atoms with E-state index in [0.29, 0.717) is 5.25 Å². The van der Waals surface area contributed by atoms with Gasteiger partial charge < -0.3 is 9.80 Å². The van der Waals surface area contributed by atoms with Crippen molar-refractivity contribution in [2.45, 2.75) is 69.3 Å². The van der Waals surface area contributed by atoms with Crippen LogP contribution in [0.5, 0.6) is 0 Å². The fourth-order valence-corrected chi connectivity index (χ4v) is 5.19. The summed E-state index contributed by atoms with van der Waals surface area (Å²) >= 11 is 2.00. The van der Waals surface area contributed by atoms with E-state index in [2.05, 4.69) is 6.92 Å². The normalized spacial score (nSPS) is 37.7. The summed E-state index contributed by atoms with van der Waals surface area (Å²) < 4.78 is 0. The molecule has 4 unspecified atom stereocenters. The van der Waals surface area contributed by atoms with E-state index in [0.717, 1.165) is 38.0 Å². The summed E-state index contributed by atoms with van der Waals surface area (Å²) in [4.78, 5) is 28.9. The second kappa shape index (κ2) is 5.58. The lowest BCUT2D eigenvalue weighted by molar-refractivity contribution is -0.161. The van der Waals surface area contributed by atoms with Gasteiger partial charge in [0.2, 0.25) is 11.8 Å². The number of thioether (sulfide) groups is 1. The topological polar surface area (TPSA) is 40.6 Å². The van der Waals surface area contributed by atoms with Crippen LogP contribution in [0.3, 0.4) is 0 Å². The zero-order valence-electron chi connectivity index (χ0n) is 12.4. The van der Waals surface area contributed by atoms with Gasteiger partial charge in [-0.05, 0) is 44.8 Å². The van der Waals surface area contributed by atoms with Crippen molar-refractivity contribution in [3.63, 3.8) is 0 Å². The van der Waals surface area contributed by atoms with Crippen molar-refractivity contribution in [1.82, 2.24) is 9.80 Å². The molecule has 1 saturated carbocycles. The van der Waals surface area contributed by atoms with Gasteiger partial charge in [0.25, 0.3) is 0 Å². The molecule has 0 spiro atoms. The monoisotopic (exact) mass is 296 g/mol. The van der Waals surface area contributed by atoms with Crippen LogP contribution in [0.25, 0.3) is 0 Å². The van der Waals surface area contributed by atoms with Crippen molar-refractivity contribution in [3.8, 4) is 0 Å². The number of hydrogen-bond donors (Lipinski definition) is 0. The lowest BCUT2D eigenvalue weighted by Crippen LogP contribution is -2.64. The Kier molecular flexibility index (Phi) is 3.98. The Morgan fingerprint density at radius 2 is 2.00 bits per heavy atom. The first kappa shape index (κ1) is 14.2. The van der Waals surface area contributed by atoms with E-state index < -0.39 is 0 Å². The van der Waals surface area contributed by atoms with E-state index in [1.165, 1.54) is 6.42 Å². The molecule has 2 heterocycles. The van der Waals surface area contributed by atoms with Gasteiger partial charge in [0, 0.05) is 17.8 Å². The molecule has 3 rings (SSSR count). The van der Waals surface area contributed by atoms with Gasteiger partial charge in [-0.1, -0.05) is 6.92 Å². The Morgan fingerprint density at radius 3 is 2.75 bits per heavy atom. The van der Waals surface area contributed by atoms with Crippen LogP contribution >= 0.6 is 11.8 Å². The Labute approximate surface area is 125 Å². The average molecular weight is 296 g/mol. The van der Waals surface area contributed by atoms with Crippen LogP contribution in [0.15, 0.2) is 0 Å². The summed E-state index contributed by atoms with van der Waals surface area (Å²) in [5.41, 5.74) is 0. The van der Waals surface area contributed by atoms with Crippen molar-refractivity contribution in [1.29, 1.82) is 0 Å². The number of amides is 2. The minimum atomic E-state index is -0.257. The van der Waals surface area contributed by atoms with Crippen LogP contribution in [0, 0.1) is 0 Å². The van der Waals surface area contributed by atoms with Gasteiger partial charge in [-0.15, -0.1) is 0 Å². The average Bonchev–Trinajstić information content (AvgIpc) is 3.06. The van der Waals surface area contributed by atoms with Crippen LogP contribution in [-0.4, -0.2) is 57.3 Å². The van der Waals surface area contributed by atoms with Crippen molar-refractivity contribution in [3.05, 3.63) is 0 Å². The summed E-state index contributed by atoms with van der Waals surface area (Å²) in [5, 5.41) is 0.668. The minimum absolute atomic E-state index is 0.156. The lowest BCUT2D eigenvalue weighted by atomic mass is 10.0. The highest BCUT2D eigenvalue weighted by Gasteiger charge is 2.49. The Morgan fingerprint density at radius 1 is 1.20 bits per heavy atom. The highest BCUT2D eigenvalue weighted by molar-refractivity contribution is 7.99. The molecule has 2 aliphatic heterocycles. The van der Waals surface area contributed by atoms with Crippen molar-refractivity contribution in [2.75, 3.05) is 12.3 Å². The zero-order valence-corrected chi connectivity index (χ0v) is 13.2. The molecule has 5 heteroatoms. The number of carbonyl (C=O) groups excluding carboxylic acids is 2. The molecule has 0 aromatic heterocycles. The zero-order chi connectivity index (χ0) is 14.3. The summed E-state index contributed by atoms with van der Waals surface area (Å²) in [7, 11) is 0. The second-order valence-electron chi connectivity index (χ2n) is 6.16. The number of rotatable bonds is 3. The van der Waals surface area contributed by atoms with Gasteiger partial charge in [-0.2, -0.15) is 11.8 Å². The first-order chi connectivity index (χ1) is 9.63. The molecular formula is C15H24N2O2S. The maximum absolute atomic E-state index is 12.7. The minimum Gasteiger partial charge on any atom is -0.329 e. The molecule has 2 saturated heterocycles. The quantitative estimate of drug-likeness (QED) is 0.798. The molecule has 4 nitrogen and oxygen atoms in total. The molecular weight excluding hydrogens is 272 g/mol. The molecule has 0 aromatic rings. The number of hydrogen-bond acceptors (Lipinski definition) is 3. The van der Waals surface area contributed by atoms with Crippen LogP contribution < -0.4 is 0 Å². The van der Waals surface area contributed by atoms with E-state index in [1.54, 1.807) is 0 Å². The summed E-state index contributed by atoms with van der Waals surface area (Å²) in [6.45, 7) is 4.87. The molecule has 112 valence electrons. The van der Waals surface area contributed by atoms with E-state index >= 15 is 0 Å². The number of piperazine rings is 1. The molecule has 20 heavy (non-hydrogen) atoms. The van der Waals surface area contributed by atoms with E-state index in [1.807, 2.05) is 28.5 Å². The number of fused-ring (bicyclic) bond motifs is 1. The molecule has 0 radical (unpaired) electrons. The number of carbonyl (C=O) groups is 2. The maximum Gasteiger partial charge on any atom is 0.246 e. The van der Waals surface area contributed by atoms with Crippen LogP contribution in [0.1, 0.15) is 46.0 Å². The molecule has 1 aliphatic carbocycles. The van der Waals surface area contributed by atoms with E-state index in [9.17, 15) is 9.59 Å². The summed E-state index contributed by atoms with van der Waals surface area (Å²) in [6, 6.07) is -0.128. The Bertz CT molecular complexity index is 415. The van der Waals surface area contributed by atoms with Gasteiger partial charge in [-0.25, -0.2) is 0 Å². The van der Waals surface area contributed by atoms with Gasteiger partial charge in [0.15, 0.2) is 0 Å². The maximum atomic E-state index is 12.7. The molecule has 2 amide bonds. The number of nitrogens with zero attached hydrogens (tertiary/aromatic N) is 2. The SMILES string of the molecule is CCSC1CCC(N2C(=O)C3CCCN3C(=O)C2C)C1. The molecule has 3 aliphatic rings. The van der Waals surface area contributed by atoms with Crippen LogP contribution in [0.2, 0.25) is 0 Å². The molecule has 0 N–H and O–H groups in total. The highest BCUT2D eigenvalue weighted by Crippen LogP contribution is 2.37. The van der Waals surface area contributed by atoms with Crippen molar-refractivity contribution >= 4 is 23.6 Å². The molecule has 4 atom stereocenters. The standard InChI is InChI=1S/C15H24N2O2S/c1-3-20-12-7-6-11(9-12)17-10(2)14(18)16-8-4-5-13(16)15(17)19/h10-13H,3-9H2,1-2H3. The molecule has 3 fully saturated rings. The predicted molar refractivity (Wildman–Crippen MR) is 80.6 cm³/mol. The largest absolute Gasteiger partial charge is 0.329 e. The fourth-order valence-electron chi connectivity index (χ4n) is 4.06. The van der Waals surface area contributed by atoms with Crippen LogP contribution in [0.4, 0.5) is 0 Å². The third-order valence-corrected chi connectivity index (χ3v) is 6.24. The van der Waals surface area contributed by atoms with E-state index in [-0.39, 0.29) is 29.9 Å². The first-order valence-corrected chi connectivity index (χ1v) is 8.92. The Balaban J connectivity index is 1.75. The highest BCUT2D eigenvalue weighted by atomic mass is 32.2. The first-order valence-electron chi connectivity index (χ1n) is 7.87. The smallest absolute Gasteiger partial charge is 0.246 e. The second-order valence-corrected chi connectivity index (χ2v) is 7.73. The third kappa shape index (κ3) is 2.24. The molecule has 0 bridgehead atoms. The van der Waals surface area contributed by atoms with E-state index in [4.69, 9.17) is 0 Å². The van der Waals surface area contributed by atoms with Crippen LogP contribution in [-0.2, 0) is 9.59 Å². The summed E-state index contributed by atoms with van der Waals surface area (Å²) in [5.74, 6) is 1.51. The lowest BCUT2D eigenvalue weighted by Gasteiger charge is -2.44. The van der Waals surface area contributed by atoms with Gasteiger partial charge in [0.05, 0.1) is 0 Å². The van der Waals surface area contributed by atoms with Gasteiger partial charge in [-0.3, -0.25) is 9.59 Å².